The molecule has 106 valence electrons. The maximum absolute atomic E-state index is 11.8. The minimum atomic E-state index is -3.37. The molecule has 3 N–H and O–H groups in total. The zero-order valence-electron chi connectivity index (χ0n) is 10.6. The van der Waals surface area contributed by atoms with Gasteiger partial charge in [0, 0.05) is 6.54 Å². The van der Waals surface area contributed by atoms with Crippen LogP contribution in [0.4, 0.5) is 0 Å². The smallest absolute Gasteiger partial charge is 0.255 e. The predicted molar refractivity (Wildman–Crippen MR) is 69.8 cm³/mol. The Morgan fingerprint density at radius 3 is 2.68 bits per heavy atom. The van der Waals surface area contributed by atoms with Crippen LogP contribution < -0.4 is 14.8 Å². The Bertz CT molecular complexity index is 556. The molecule has 7 nitrogen and oxygen atoms in total. The van der Waals surface area contributed by atoms with E-state index < -0.39 is 15.9 Å². The Hall–Kier alpha value is -1.80. The van der Waals surface area contributed by atoms with Crippen molar-refractivity contribution in [2.24, 2.45) is 0 Å². The molecule has 0 aliphatic heterocycles. The van der Waals surface area contributed by atoms with Gasteiger partial charge in [-0.25, -0.2) is 13.1 Å². The number of methoxy groups -OCH3 is 1. The number of carbonyl (C=O) groups is 1. The van der Waals surface area contributed by atoms with Crippen LogP contribution in [0.15, 0.2) is 18.2 Å². The minimum Gasteiger partial charge on any atom is -0.507 e. The molecule has 8 heteroatoms. The van der Waals surface area contributed by atoms with E-state index in [4.69, 9.17) is 4.74 Å². The average molecular weight is 288 g/mol. The van der Waals surface area contributed by atoms with Crippen LogP contribution in [-0.4, -0.2) is 45.9 Å². The van der Waals surface area contributed by atoms with Gasteiger partial charge >= 0.3 is 0 Å². The van der Waals surface area contributed by atoms with Crippen molar-refractivity contribution in [3.63, 3.8) is 0 Å². The van der Waals surface area contributed by atoms with Gasteiger partial charge in [0.25, 0.3) is 5.91 Å². The Balaban J connectivity index is 2.68. The van der Waals surface area contributed by atoms with Crippen LogP contribution in [0.2, 0.25) is 0 Å². The van der Waals surface area contributed by atoms with Crippen molar-refractivity contribution in [1.29, 1.82) is 0 Å². The fourth-order valence-corrected chi connectivity index (χ4v) is 1.90. The number of amides is 1. The van der Waals surface area contributed by atoms with E-state index in [9.17, 15) is 18.3 Å². The van der Waals surface area contributed by atoms with E-state index in [1.165, 1.54) is 32.4 Å². The van der Waals surface area contributed by atoms with Gasteiger partial charge in [0.05, 0.1) is 18.4 Å². The Kier molecular flexibility index (Phi) is 5.13. The van der Waals surface area contributed by atoms with Crippen molar-refractivity contribution in [3.8, 4) is 11.5 Å². The molecule has 1 aromatic rings. The van der Waals surface area contributed by atoms with Gasteiger partial charge in [-0.3, -0.25) is 4.79 Å². The second-order valence-electron chi connectivity index (χ2n) is 3.66. The number of carbonyl (C=O) groups excluding carboxylic acids is 1. The zero-order chi connectivity index (χ0) is 14.5. The third kappa shape index (κ3) is 4.42. The van der Waals surface area contributed by atoms with Gasteiger partial charge in [0.1, 0.15) is 11.5 Å². The lowest BCUT2D eigenvalue weighted by atomic mass is 10.2. The predicted octanol–water partition coefficient (Wildman–Crippen LogP) is -0.320. The number of hydrogen-bond donors (Lipinski definition) is 3. The summed E-state index contributed by atoms with van der Waals surface area (Å²) < 4.78 is 29.4. The van der Waals surface area contributed by atoms with Gasteiger partial charge in [-0.1, -0.05) is 0 Å². The molecule has 1 rings (SSSR count). The molecule has 0 radical (unpaired) electrons. The number of rotatable bonds is 6. The second kappa shape index (κ2) is 6.39. The summed E-state index contributed by atoms with van der Waals surface area (Å²) in [4.78, 5) is 11.8. The van der Waals surface area contributed by atoms with E-state index in [1.54, 1.807) is 0 Å². The van der Waals surface area contributed by atoms with E-state index in [0.29, 0.717) is 5.75 Å². The number of ether oxygens (including phenoxy) is 1. The largest absolute Gasteiger partial charge is 0.507 e. The number of sulfonamides is 1. The Morgan fingerprint density at radius 1 is 1.42 bits per heavy atom. The SMILES string of the molecule is CNS(=O)(=O)CCNC(=O)c1cc(OC)ccc1O. The van der Waals surface area contributed by atoms with Gasteiger partial charge < -0.3 is 15.2 Å². The maximum Gasteiger partial charge on any atom is 0.255 e. The first kappa shape index (κ1) is 15.3. The minimum absolute atomic E-state index is 0.0289. The summed E-state index contributed by atoms with van der Waals surface area (Å²) >= 11 is 0. The van der Waals surface area contributed by atoms with Gasteiger partial charge in [-0.05, 0) is 25.2 Å². The third-order valence-electron chi connectivity index (χ3n) is 2.42. The highest BCUT2D eigenvalue weighted by atomic mass is 32.2. The number of aromatic hydroxyl groups is 1. The molecule has 0 unspecified atom stereocenters. The first-order valence-electron chi connectivity index (χ1n) is 5.46. The summed E-state index contributed by atoms with van der Waals surface area (Å²) in [6.07, 6.45) is 0. The number of benzene rings is 1. The van der Waals surface area contributed by atoms with Crippen molar-refractivity contribution in [2.45, 2.75) is 0 Å². The first-order valence-corrected chi connectivity index (χ1v) is 7.11. The molecule has 0 fully saturated rings. The van der Waals surface area contributed by atoms with Crippen LogP contribution in [0.1, 0.15) is 10.4 Å². The number of nitrogens with one attached hydrogen (secondary N) is 2. The molecule has 0 aromatic heterocycles. The lowest BCUT2D eigenvalue weighted by molar-refractivity contribution is 0.0953. The van der Waals surface area contributed by atoms with Crippen molar-refractivity contribution in [1.82, 2.24) is 10.0 Å². The molecule has 19 heavy (non-hydrogen) atoms. The highest BCUT2D eigenvalue weighted by Gasteiger charge is 2.13. The van der Waals surface area contributed by atoms with Crippen LogP contribution in [0.3, 0.4) is 0 Å². The molecule has 0 saturated heterocycles. The lowest BCUT2D eigenvalue weighted by Crippen LogP contribution is -2.32. The Labute approximate surface area is 111 Å². The van der Waals surface area contributed by atoms with Gasteiger partial charge in [-0.15, -0.1) is 0 Å². The van der Waals surface area contributed by atoms with Crippen LogP contribution >= 0.6 is 0 Å². The monoisotopic (exact) mass is 288 g/mol. The molecule has 1 aromatic carbocycles. The van der Waals surface area contributed by atoms with Gasteiger partial charge in [0.15, 0.2) is 0 Å². The Morgan fingerprint density at radius 2 is 2.11 bits per heavy atom. The fraction of sp³-hybridized carbons (Fsp3) is 0.364. The van der Waals surface area contributed by atoms with Crippen molar-refractivity contribution in [3.05, 3.63) is 23.8 Å². The van der Waals surface area contributed by atoms with Crippen molar-refractivity contribution < 1.29 is 23.1 Å². The van der Waals surface area contributed by atoms with E-state index >= 15 is 0 Å². The summed E-state index contributed by atoms with van der Waals surface area (Å²) in [7, 11) is -0.637. The fourth-order valence-electron chi connectivity index (χ4n) is 1.32. The molecule has 0 atom stereocenters. The van der Waals surface area contributed by atoms with E-state index in [-0.39, 0.29) is 23.6 Å². The topological polar surface area (TPSA) is 105 Å². The van der Waals surface area contributed by atoms with E-state index in [0.717, 1.165) is 0 Å². The van der Waals surface area contributed by atoms with Gasteiger partial charge in [-0.2, -0.15) is 0 Å². The number of phenolic OH excluding ortho intramolecular Hbond substituents is 1. The van der Waals surface area contributed by atoms with Crippen LogP contribution in [0, 0.1) is 0 Å². The summed E-state index contributed by atoms with van der Waals surface area (Å²) in [5.41, 5.74) is 0.0289. The highest BCUT2D eigenvalue weighted by Crippen LogP contribution is 2.22. The van der Waals surface area contributed by atoms with Crippen molar-refractivity contribution >= 4 is 15.9 Å². The zero-order valence-corrected chi connectivity index (χ0v) is 11.5. The molecule has 0 saturated carbocycles. The molecule has 0 heterocycles. The molecule has 1 amide bonds. The van der Waals surface area contributed by atoms with Crippen LogP contribution in [-0.2, 0) is 10.0 Å². The molecule has 0 aliphatic carbocycles. The first-order chi connectivity index (χ1) is 8.89. The third-order valence-corrected chi connectivity index (χ3v) is 3.78. The van der Waals surface area contributed by atoms with Crippen LogP contribution in [0.25, 0.3) is 0 Å². The van der Waals surface area contributed by atoms with Gasteiger partial charge in [0.2, 0.25) is 10.0 Å². The summed E-state index contributed by atoms with van der Waals surface area (Å²) in [6.45, 7) is -0.0569. The molecular weight excluding hydrogens is 272 g/mol. The van der Waals surface area contributed by atoms with Crippen molar-refractivity contribution in [2.75, 3.05) is 26.5 Å². The van der Waals surface area contributed by atoms with E-state index in [1.807, 2.05) is 0 Å². The molecular formula is C11H16N2O5S. The summed E-state index contributed by atoms with van der Waals surface area (Å²) in [5, 5.41) is 12.0. The summed E-state index contributed by atoms with van der Waals surface area (Å²) in [5.74, 6) is -0.580. The lowest BCUT2D eigenvalue weighted by Gasteiger charge is -2.08. The molecule has 0 aliphatic rings. The molecule has 0 bridgehead atoms. The summed E-state index contributed by atoms with van der Waals surface area (Å²) in [6, 6.07) is 4.22. The number of hydrogen-bond acceptors (Lipinski definition) is 5. The second-order valence-corrected chi connectivity index (χ2v) is 5.71. The quantitative estimate of drug-likeness (QED) is 0.665. The normalized spacial score (nSPS) is 11.1. The van der Waals surface area contributed by atoms with E-state index in [2.05, 4.69) is 10.0 Å². The molecule has 0 spiro atoms. The highest BCUT2D eigenvalue weighted by molar-refractivity contribution is 7.89. The number of phenols is 1. The maximum atomic E-state index is 11.8. The standard InChI is InChI=1S/C11H16N2O5S/c1-12-19(16,17)6-5-13-11(15)9-7-8(18-2)3-4-10(9)14/h3-4,7,12,14H,5-6H2,1-2H3,(H,13,15). The average Bonchev–Trinajstić information content (AvgIpc) is 2.39. The van der Waals surface area contributed by atoms with Crippen LogP contribution in [0.5, 0.6) is 11.5 Å².